The van der Waals surface area contributed by atoms with Crippen molar-refractivity contribution in [2.45, 2.75) is 0 Å². The second-order valence-electron chi connectivity index (χ2n) is 2.91. The molecule has 0 unspecified atom stereocenters. The standard InChI is InChI=1S/3C4H4O4.2K.Zr/c3*5-3(6)1-2-4(7)8;;;/h3*1-2H,(H,5,6)(H,7,8);;;/q;;;2*+1;+4/p-6/b3*2-1-;;;. The molecule has 0 bridgehead atoms. The molecule has 0 aromatic rings. The van der Waals surface area contributed by atoms with Crippen LogP contribution in [-0.2, 0) is 55.0 Å². The van der Waals surface area contributed by atoms with Gasteiger partial charge in [0, 0.05) is 0 Å². The smallest absolute Gasteiger partial charge is 0.545 e. The van der Waals surface area contributed by atoms with Gasteiger partial charge >= 0.3 is 129 Å². The van der Waals surface area contributed by atoms with E-state index < -0.39 is 35.8 Å². The topological polar surface area (TPSA) is 241 Å². The molecule has 0 aliphatic carbocycles. The maximum absolute atomic E-state index is 9.41. The molecule has 0 aromatic carbocycles. The van der Waals surface area contributed by atoms with E-state index in [4.69, 9.17) is 0 Å². The van der Waals surface area contributed by atoms with Gasteiger partial charge in [0.05, 0.1) is 35.8 Å². The Morgan fingerprint density at radius 1 is 0.370 bits per heavy atom. The Morgan fingerprint density at radius 3 is 0.481 bits per heavy atom. The third-order valence-corrected chi connectivity index (χ3v) is 1.07. The van der Waals surface area contributed by atoms with E-state index in [1.807, 2.05) is 0 Å². The predicted octanol–water partition coefficient (Wildman–Crippen LogP) is -14.9. The molecule has 0 rings (SSSR count). The third kappa shape index (κ3) is 66.4. The Kier molecular flexibility index (Phi) is 43.7. The van der Waals surface area contributed by atoms with Crippen LogP contribution < -0.4 is 133 Å². The van der Waals surface area contributed by atoms with E-state index in [9.17, 15) is 59.4 Å². The number of carbonyl (C=O) groups is 6. The van der Waals surface area contributed by atoms with Gasteiger partial charge in [-0.25, -0.2) is 0 Å². The molecule has 132 valence electrons. The molecule has 0 saturated carbocycles. The van der Waals surface area contributed by atoms with Gasteiger partial charge in [0.15, 0.2) is 0 Å². The molecule has 0 heterocycles. The van der Waals surface area contributed by atoms with E-state index in [1.165, 1.54) is 0 Å². The van der Waals surface area contributed by atoms with Crippen molar-refractivity contribution >= 4 is 35.8 Å². The molecule has 0 radical (unpaired) electrons. The molecule has 0 spiro atoms. The van der Waals surface area contributed by atoms with Crippen LogP contribution in [0.1, 0.15) is 0 Å². The van der Waals surface area contributed by atoms with Gasteiger partial charge in [-0.1, -0.05) is 0 Å². The summed E-state index contributed by atoms with van der Waals surface area (Å²) >= 11 is 0. The van der Waals surface area contributed by atoms with Gasteiger partial charge in [0.25, 0.3) is 0 Å². The minimum Gasteiger partial charge on any atom is -0.545 e. The summed E-state index contributed by atoms with van der Waals surface area (Å²) in [4.78, 5) is 56.5. The van der Waals surface area contributed by atoms with Crippen LogP contribution in [0.4, 0.5) is 0 Å². The van der Waals surface area contributed by atoms with E-state index in [1.54, 1.807) is 0 Å². The van der Waals surface area contributed by atoms with Crippen molar-refractivity contribution in [2.75, 3.05) is 0 Å². The zero-order valence-electron chi connectivity index (χ0n) is 13.9. The number of hydrogen-bond acceptors (Lipinski definition) is 12. The number of carboxylic acid groups (broad SMARTS) is 6. The number of carboxylic acids is 6. The van der Waals surface area contributed by atoms with Gasteiger partial charge in [-0.3, -0.25) is 0 Å². The van der Waals surface area contributed by atoms with Crippen LogP contribution >= 0.6 is 0 Å². The summed E-state index contributed by atoms with van der Waals surface area (Å²) in [6, 6.07) is 0. The van der Waals surface area contributed by atoms with Gasteiger partial charge in [-0.15, -0.1) is 0 Å². The molecule has 0 fully saturated rings. The van der Waals surface area contributed by atoms with Crippen LogP contribution in [-0.4, -0.2) is 35.8 Å². The summed E-state index contributed by atoms with van der Waals surface area (Å²) in [7, 11) is 0. The molecule has 27 heavy (non-hydrogen) atoms. The van der Waals surface area contributed by atoms with Crippen LogP contribution in [0.15, 0.2) is 36.5 Å². The quantitative estimate of drug-likeness (QED) is 0.238. The van der Waals surface area contributed by atoms with Crippen LogP contribution in [0.2, 0.25) is 0 Å². The molecular weight excluding hydrogens is 506 g/mol. The van der Waals surface area contributed by atoms with Crippen LogP contribution in [0, 0.1) is 0 Å². The predicted molar refractivity (Wildman–Crippen MR) is 57.5 cm³/mol. The maximum atomic E-state index is 9.41. The molecule has 0 saturated heterocycles. The molecule has 0 amide bonds. The fraction of sp³-hybridized carbons (Fsp3) is 0. The third-order valence-electron chi connectivity index (χ3n) is 1.07. The van der Waals surface area contributed by atoms with Crippen LogP contribution in [0.3, 0.4) is 0 Å². The van der Waals surface area contributed by atoms with Crippen molar-refractivity contribution in [1.82, 2.24) is 0 Å². The monoisotopic (exact) mass is 510 g/mol. The van der Waals surface area contributed by atoms with Crippen molar-refractivity contribution < 1.29 is 188 Å². The molecule has 0 aromatic heterocycles. The Balaban J connectivity index is -0.0000000580. The Hall–Kier alpha value is 0.196. The van der Waals surface area contributed by atoms with Crippen molar-refractivity contribution in [3.8, 4) is 0 Å². The van der Waals surface area contributed by atoms with Crippen molar-refractivity contribution in [1.29, 1.82) is 0 Å². The Bertz CT molecular complexity index is 454. The first-order valence-corrected chi connectivity index (χ1v) is 5.18. The summed E-state index contributed by atoms with van der Waals surface area (Å²) in [6.45, 7) is 0. The second kappa shape index (κ2) is 28.4. The van der Waals surface area contributed by atoms with Gasteiger partial charge < -0.3 is 59.4 Å². The molecule has 15 heteroatoms. The zero-order valence-corrected chi connectivity index (χ0v) is 22.6. The number of rotatable bonds is 6. The SMILES string of the molecule is O=C([O-])/C=C\C(=O)[O-].O=C([O-])/C=C\C(=O)[O-].O=C([O-])/C=C\C(=O)[O-].[K+].[K+].[Zr+4]. The second-order valence-corrected chi connectivity index (χ2v) is 2.91. The van der Waals surface area contributed by atoms with Crippen LogP contribution in [0.5, 0.6) is 0 Å². The molecule has 0 aliphatic heterocycles. The van der Waals surface area contributed by atoms with E-state index >= 15 is 0 Å². The van der Waals surface area contributed by atoms with E-state index in [0.29, 0.717) is 36.5 Å². The van der Waals surface area contributed by atoms with E-state index in [2.05, 4.69) is 0 Å². The molecule has 0 atom stereocenters. The van der Waals surface area contributed by atoms with E-state index in [-0.39, 0.29) is 129 Å². The first-order valence-electron chi connectivity index (χ1n) is 5.18. The summed E-state index contributed by atoms with van der Waals surface area (Å²) in [5.74, 6) is -9.28. The van der Waals surface area contributed by atoms with Gasteiger partial charge in [0.1, 0.15) is 0 Å². The molecule has 0 aliphatic rings. The van der Waals surface area contributed by atoms with Crippen molar-refractivity contribution in [3.63, 3.8) is 0 Å². The average molecular weight is 512 g/mol. The van der Waals surface area contributed by atoms with E-state index in [0.717, 1.165) is 0 Å². The van der Waals surface area contributed by atoms with Crippen LogP contribution in [0.25, 0.3) is 0 Å². The fourth-order valence-corrected chi connectivity index (χ4v) is 0.408. The molecule has 12 nitrogen and oxygen atoms in total. The van der Waals surface area contributed by atoms with Gasteiger partial charge in [0.2, 0.25) is 0 Å². The molecular formula is C12H6K2O12Zr. The normalized spacial score (nSPS) is 8.44. The largest absolute Gasteiger partial charge is 4.00 e. The number of carbonyl (C=O) groups excluding carboxylic acids is 6. The summed E-state index contributed by atoms with van der Waals surface area (Å²) in [5, 5.41) is 56.5. The fourth-order valence-electron chi connectivity index (χ4n) is 0.408. The summed E-state index contributed by atoms with van der Waals surface area (Å²) in [5.41, 5.74) is 0. The number of hydrogen-bond donors (Lipinski definition) is 0. The summed E-state index contributed by atoms with van der Waals surface area (Å²) in [6.07, 6.45) is 2.31. The first-order chi connectivity index (χ1) is 10.9. The van der Waals surface area contributed by atoms with Gasteiger partial charge in [-0.2, -0.15) is 0 Å². The van der Waals surface area contributed by atoms with Crippen molar-refractivity contribution in [2.24, 2.45) is 0 Å². The zero-order chi connectivity index (χ0) is 19.7. The minimum atomic E-state index is -1.55. The minimum absolute atomic E-state index is 0. The average Bonchev–Trinajstić information content (AvgIpc) is 2.42. The number of aliphatic carboxylic acids is 6. The molecule has 0 N–H and O–H groups in total. The van der Waals surface area contributed by atoms with Gasteiger partial charge in [-0.05, 0) is 36.5 Å². The Morgan fingerprint density at radius 2 is 0.444 bits per heavy atom. The Labute approximate surface area is 256 Å². The van der Waals surface area contributed by atoms with Crippen molar-refractivity contribution in [3.05, 3.63) is 36.5 Å². The summed E-state index contributed by atoms with van der Waals surface area (Å²) < 4.78 is 0. The maximum Gasteiger partial charge on any atom is 4.00 e. The first kappa shape index (κ1) is 41.5.